The van der Waals surface area contributed by atoms with Gasteiger partial charge in [-0.3, -0.25) is 4.68 Å². The van der Waals surface area contributed by atoms with Crippen LogP contribution in [0, 0.1) is 6.92 Å². The van der Waals surface area contributed by atoms with Gasteiger partial charge in [-0.2, -0.15) is 5.10 Å². The van der Waals surface area contributed by atoms with Crippen LogP contribution in [0.25, 0.3) is 0 Å². The molecule has 0 saturated heterocycles. The second-order valence-electron chi connectivity index (χ2n) is 5.05. The Morgan fingerprint density at radius 3 is 2.68 bits per heavy atom. The van der Waals surface area contributed by atoms with E-state index in [1.54, 1.807) is 14.1 Å². The molecular formula is C12H24N4O2S. The van der Waals surface area contributed by atoms with Gasteiger partial charge < -0.3 is 5.32 Å². The van der Waals surface area contributed by atoms with Crippen LogP contribution in [0.2, 0.25) is 0 Å². The Kier molecular flexibility index (Phi) is 5.96. The van der Waals surface area contributed by atoms with Gasteiger partial charge in [-0.25, -0.2) is 12.7 Å². The van der Waals surface area contributed by atoms with Gasteiger partial charge in [0.2, 0.25) is 10.0 Å². The van der Waals surface area contributed by atoms with E-state index in [9.17, 15) is 8.42 Å². The van der Waals surface area contributed by atoms with Crippen LogP contribution in [0.15, 0.2) is 12.4 Å². The Hall–Kier alpha value is -0.920. The van der Waals surface area contributed by atoms with Crippen LogP contribution in [-0.2, 0) is 16.6 Å². The van der Waals surface area contributed by atoms with Crippen LogP contribution in [0.1, 0.15) is 18.9 Å². The van der Waals surface area contributed by atoms with Crippen LogP contribution in [0.3, 0.4) is 0 Å². The summed E-state index contributed by atoms with van der Waals surface area (Å²) >= 11 is 0. The molecule has 6 nitrogen and oxygen atoms in total. The molecule has 1 unspecified atom stereocenters. The highest BCUT2D eigenvalue weighted by molar-refractivity contribution is 7.89. The number of rotatable bonds is 8. The van der Waals surface area contributed by atoms with Gasteiger partial charge in [-0.1, -0.05) is 0 Å². The fourth-order valence-electron chi connectivity index (χ4n) is 1.70. The fourth-order valence-corrected chi connectivity index (χ4v) is 2.57. The molecule has 7 heteroatoms. The molecule has 1 aromatic heterocycles. The zero-order chi connectivity index (χ0) is 14.5. The molecule has 0 amide bonds. The molecular weight excluding hydrogens is 264 g/mol. The minimum Gasteiger partial charge on any atom is -0.312 e. The maximum atomic E-state index is 11.6. The van der Waals surface area contributed by atoms with E-state index < -0.39 is 10.0 Å². The lowest BCUT2D eigenvalue weighted by molar-refractivity contribution is 0.450. The Labute approximate surface area is 115 Å². The van der Waals surface area contributed by atoms with E-state index in [-0.39, 0.29) is 11.8 Å². The first-order valence-corrected chi connectivity index (χ1v) is 8.05. The summed E-state index contributed by atoms with van der Waals surface area (Å²) in [7, 11) is 0.0460. The Balaban J connectivity index is 2.23. The second-order valence-corrected chi connectivity index (χ2v) is 7.35. The summed E-state index contributed by atoms with van der Waals surface area (Å²) in [5.41, 5.74) is 1.14. The van der Waals surface area contributed by atoms with Crippen molar-refractivity contribution in [2.45, 2.75) is 32.9 Å². The van der Waals surface area contributed by atoms with Crippen molar-refractivity contribution in [3.05, 3.63) is 18.0 Å². The molecule has 0 fully saturated rings. The lowest BCUT2D eigenvalue weighted by Gasteiger charge is -2.15. The van der Waals surface area contributed by atoms with Gasteiger partial charge in [-0.15, -0.1) is 0 Å². The van der Waals surface area contributed by atoms with Crippen molar-refractivity contribution in [1.29, 1.82) is 0 Å². The molecule has 0 aliphatic carbocycles. The lowest BCUT2D eigenvalue weighted by Crippen LogP contribution is -2.33. The first-order chi connectivity index (χ1) is 8.81. The summed E-state index contributed by atoms with van der Waals surface area (Å²) < 4.78 is 26.3. The predicted octanol–water partition coefficient (Wildman–Crippen LogP) is 0.451. The summed E-state index contributed by atoms with van der Waals surface area (Å²) in [5, 5.41) is 7.53. The van der Waals surface area contributed by atoms with E-state index in [2.05, 4.69) is 17.3 Å². The molecule has 0 spiro atoms. The van der Waals surface area contributed by atoms with Crippen molar-refractivity contribution in [1.82, 2.24) is 19.4 Å². The zero-order valence-corrected chi connectivity index (χ0v) is 12.9. The average molecular weight is 288 g/mol. The molecule has 1 aromatic rings. The van der Waals surface area contributed by atoms with Crippen molar-refractivity contribution in [3.63, 3.8) is 0 Å². The van der Waals surface area contributed by atoms with E-state index in [4.69, 9.17) is 0 Å². The van der Waals surface area contributed by atoms with E-state index in [1.807, 2.05) is 24.0 Å². The number of sulfonamides is 1. The molecule has 1 heterocycles. The van der Waals surface area contributed by atoms with E-state index >= 15 is 0 Å². The summed E-state index contributed by atoms with van der Waals surface area (Å²) in [6.45, 7) is 5.55. The molecule has 110 valence electrons. The van der Waals surface area contributed by atoms with Gasteiger partial charge in [0, 0.05) is 26.3 Å². The van der Waals surface area contributed by atoms with Crippen molar-refractivity contribution < 1.29 is 8.42 Å². The number of aryl methyl sites for hydroxylation is 1. The SMILES string of the molecule is Cc1cnn(CC(C)NCCCS(=O)(=O)N(C)C)c1. The highest BCUT2D eigenvalue weighted by atomic mass is 32.2. The summed E-state index contributed by atoms with van der Waals surface area (Å²) in [6.07, 6.45) is 4.44. The number of hydrogen-bond acceptors (Lipinski definition) is 4. The van der Waals surface area contributed by atoms with Gasteiger partial charge in [-0.05, 0) is 32.4 Å². The first-order valence-electron chi connectivity index (χ1n) is 6.44. The predicted molar refractivity (Wildman–Crippen MR) is 76.5 cm³/mol. The second kappa shape index (κ2) is 7.02. The minimum atomic E-state index is -3.08. The lowest BCUT2D eigenvalue weighted by atomic mass is 10.3. The molecule has 0 aliphatic heterocycles. The van der Waals surface area contributed by atoms with E-state index in [1.165, 1.54) is 4.31 Å². The quantitative estimate of drug-likeness (QED) is 0.705. The highest BCUT2D eigenvalue weighted by Crippen LogP contribution is 1.98. The summed E-state index contributed by atoms with van der Waals surface area (Å²) in [5.74, 6) is 0.181. The standard InChI is InChI=1S/C12H24N4O2S/c1-11-8-14-16(9-11)10-12(2)13-6-5-7-19(17,18)15(3)4/h8-9,12-13H,5-7,10H2,1-4H3. The molecule has 0 radical (unpaired) electrons. The summed E-state index contributed by atoms with van der Waals surface area (Å²) in [4.78, 5) is 0. The molecule has 0 bridgehead atoms. The minimum absolute atomic E-state index is 0.181. The molecule has 0 saturated carbocycles. The van der Waals surface area contributed by atoms with Crippen LogP contribution < -0.4 is 5.32 Å². The third kappa shape index (κ3) is 5.71. The Morgan fingerprint density at radius 2 is 2.16 bits per heavy atom. The molecule has 1 rings (SSSR count). The normalized spacial score (nSPS) is 13.9. The third-order valence-electron chi connectivity index (χ3n) is 2.85. The van der Waals surface area contributed by atoms with Gasteiger partial charge >= 0.3 is 0 Å². The number of aromatic nitrogens is 2. The number of nitrogens with one attached hydrogen (secondary N) is 1. The van der Waals surface area contributed by atoms with Gasteiger partial charge in [0.1, 0.15) is 0 Å². The Morgan fingerprint density at radius 1 is 1.47 bits per heavy atom. The van der Waals surface area contributed by atoms with Crippen LogP contribution in [0.4, 0.5) is 0 Å². The summed E-state index contributed by atoms with van der Waals surface area (Å²) in [6, 6.07) is 0.265. The monoisotopic (exact) mass is 288 g/mol. The molecule has 19 heavy (non-hydrogen) atoms. The van der Waals surface area contributed by atoms with Crippen molar-refractivity contribution in [2.24, 2.45) is 0 Å². The number of nitrogens with zero attached hydrogens (tertiary/aromatic N) is 3. The van der Waals surface area contributed by atoms with Crippen molar-refractivity contribution >= 4 is 10.0 Å². The topological polar surface area (TPSA) is 67.2 Å². The third-order valence-corrected chi connectivity index (χ3v) is 4.77. The zero-order valence-electron chi connectivity index (χ0n) is 12.1. The van der Waals surface area contributed by atoms with E-state index in [0.29, 0.717) is 13.0 Å². The average Bonchev–Trinajstić information content (AvgIpc) is 2.70. The molecule has 1 atom stereocenters. The van der Waals surface area contributed by atoms with Gasteiger partial charge in [0.15, 0.2) is 0 Å². The van der Waals surface area contributed by atoms with Crippen LogP contribution in [-0.4, -0.2) is 54.9 Å². The largest absolute Gasteiger partial charge is 0.312 e. The van der Waals surface area contributed by atoms with E-state index in [0.717, 1.165) is 12.1 Å². The van der Waals surface area contributed by atoms with Crippen molar-refractivity contribution in [2.75, 3.05) is 26.4 Å². The van der Waals surface area contributed by atoms with Crippen LogP contribution >= 0.6 is 0 Å². The van der Waals surface area contributed by atoms with Gasteiger partial charge in [0.05, 0.1) is 18.5 Å². The number of hydrogen-bond donors (Lipinski definition) is 1. The molecule has 0 aliphatic rings. The smallest absolute Gasteiger partial charge is 0.213 e. The fraction of sp³-hybridized carbons (Fsp3) is 0.750. The Bertz CT molecular complexity index is 482. The van der Waals surface area contributed by atoms with Gasteiger partial charge in [0.25, 0.3) is 0 Å². The first kappa shape index (κ1) is 16.1. The van der Waals surface area contributed by atoms with Crippen LogP contribution in [0.5, 0.6) is 0 Å². The maximum absolute atomic E-state index is 11.6. The molecule has 1 N–H and O–H groups in total. The maximum Gasteiger partial charge on any atom is 0.213 e. The van der Waals surface area contributed by atoms with Crippen molar-refractivity contribution in [3.8, 4) is 0 Å². The highest BCUT2D eigenvalue weighted by Gasteiger charge is 2.12. The molecule has 0 aromatic carbocycles.